The third-order valence-corrected chi connectivity index (χ3v) is 5.57. The maximum Gasteiger partial charge on any atom is 0.337 e. The molecule has 0 atom stereocenters. The molecule has 0 aliphatic heterocycles. The molecule has 6 nitrogen and oxygen atoms in total. The van der Waals surface area contributed by atoms with Crippen molar-refractivity contribution >= 4 is 38.9 Å². The van der Waals surface area contributed by atoms with Crippen molar-refractivity contribution in [3.8, 4) is 0 Å². The molecule has 0 bridgehead atoms. The number of hydrogen-bond acceptors (Lipinski definition) is 6. The van der Waals surface area contributed by atoms with Crippen LogP contribution >= 0.6 is 22.9 Å². The molecular weight excluding hydrogens is 348 g/mol. The predicted octanol–water partition coefficient (Wildman–Crippen LogP) is 2.37. The summed E-state index contributed by atoms with van der Waals surface area (Å²) in [5, 5.41) is 2.44. The first kappa shape index (κ1) is 16.9. The molecule has 0 fully saturated rings. The van der Waals surface area contributed by atoms with Crippen LogP contribution in [0, 0.1) is 6.92 Å². The molecule has 9 heteroatoms. The lowest BCUT2D eigenvalue weighted by Crippen LogP contribution is -2.23. The maximum absolute atomic E-state index is 12.2. The van der Waals surface area contributed by atoms with E-state index in [0.717, 1.165) is 5.69 Å². The number of aromatic nitrogens is 1. The molecule has 22 heavy (non-hydrogen) atoms. The number of rotatable bonds is 5. The van der Waals surface area contributed by atoms with Gasteiger partial charge < -0.3 is 4.74 Å². The highest BCUT2D eigenvalue weighted by molar-refractivity contribution is 7.89. The molecule has 2 rings (SSSR count). The largest absolute Gasteiger partial charge is 0.465 e. The number of esters is 1. The number of carbonyl (C=O) groups is 1. The molecule has 0 spiro atoms. The Morgan fingerprint density at radius 2 is 2.18 bits per heavy atom. The minimum Gasteiger partial charge on any atom is -0.465 e. The smallest absolute Gasteiger partial charge is 0.337 e. The number of ether oxygens (including phenoxy) is 1. The van der Waals surface area contributed by atoms with E-state index in [1.165, 1.54) is 36.6 Å². The van der Waals surface area contributed by atoms with E-state index in [9.17, 15) is 13.2 Å². The summed E-state index contributed by atoms with van der Waals surface area (Å²) in [6.45, 7) is 1.91. The van der Waals surface area contributed by atoms with E-state index in [0.29, 0.717) is 5.01 Å². The Kier molecular flexibility index (Phi) is 5.17. The fourth-order valence-electron chi connectivity index (χ4n) is 1.68. The van der Waals surface area contributed by atoms with Crippen LogP contribution in [-0.2, 0) is 21.3 Å². The summed E-state index contributed by atoms with van der Waals surface area (Å²) < 4.78 is 31.5. The number of sulfonamides is 1. The zero-order valence-corrected chi connectivity index (χ0v) is 14.2. The predicted molar refractivity (Wildman–Crippen MR) is 83.7 cm³/mol. The van der Waals surface area contributed by atoms with Crippen molar-refractivity contribution in [1.82, 2.24) is 9.71 Å². The Morgan fingerprint density at radius 1 is 1.45 bits per heavy atom. The van der Waals surface area contributed by atoms with Gasteiger partial charge in [-0.1, -0.05) is 11.6 Å². The Hall–Kier alpha value is -1.48. The molecule has 1 N–H and O–H groups in total. The highest BCUT2D eigenvalue weighted by atomic mass is 35.5. The summed E-state index contributed by atoms with van der Waals surface area (Å²) in [5.41, 5.74) is 1.02. The van der Waals surface area contributed by atoms with Crippen LogP contribution in [0.2, 0.25) is 5.02 Å². The Labute approximate surface area is 137 Å². The number of nitrogens with one attached hydrogen (secondary N) is 1. The molecule has 1 aromatic carbocycles. The van der Waals surface area contributed by atoms with Gasteiger partial charge in [0.1, 0.15) is 9.90 Å². The second-order valence-corrected chi connectivity index (χ2v) is 7.43. The topological polar surface area (TPSA) is 85.4 Å². The fraction of sp³-hybridized carbons (Fsp3) is 0.231. The van der Waals surface area contributed by atoms with Gasteiger partial charge in [0.25, 0.3) is 0 Å². The van der Waals surface area contributed by atoms with Crippen molar-refractivity contribution in [2.45, 2.75) is 18.4 Å². The summed E-state index contributed by atoms with van der Waals surface area (Å²) in [6.07, 6.45) is 0. The van der Waals surface area contributed by atoms with E-state index >= 15 is 0 Å². The van der Waals surface area contributed by atoms with E-state index < -0.39 is 16.0 Å². The molecule has 2 aromatic rings. The van der Waals surface area contributed by atoms with Gasteiger partial charge in [-0.05, 0) is 25.1 Å². The van der Waals surface area contributed by atoms with Crippen LogP contribution in [0.3, 0.4) is 0 Å². The monoisotopic (exact) mass is 360 g/mol. The maximum atomic E-state index is 12.2. The lowest BCUT2D eigenvalue weighted by atomic mass is 10.2. The summed E-state index contributed by atoms with van der Waals surface area (Å²) in [6, 6.07) is 3.87. The quantitative estimate of drug-likeness (QED) is 0.827. The molecule has 0 radical (unpaired) electrons. The van der Waals surface area contributed by atoms with Gasteiger partial charge in [0, 0.05) is 11.1 Å². The van der Waals surface area contributed by atoms with E-state index in [1.54, 1.807) is 0 Å². The van der Waals surface area contributed by atoms with Crippen LogP contribution in [0.1, 0.15) is 21.1 Å². The van der Waals surface area contributed by atoms with E-state index in [2.05, 4.69) is 14.4 Å². The summed E-state index contributed by atoms with van der Waals surface area (Å²) >= 11 is 7.33. The summed E-state index contributed by atoms with van der Waals surface area (Å²) in [5.74, 6) is -0.586. The lowest BCUT2D eigenvalue weighted by Gasteiger charge is -2.08. The number of benzene rings is 1. The molecule has 0 amide bonds. The SMILES string of the molecule is COC(=O)c1ccc(S(=O)(=O)NCc2nc(C)cs2)c(Cl)c1. The first-order valence-corrected chi connectivity index (χ1v) is 8.86. The van der Waals surface area contributed by atoms with E-state index in [-0.39, 0.29) is 22.0 Å². The molecule has 0 saturated carbocycles. The normalized spacial score (nSPS) is 11.4. The van der Waals surface area contributed by atoms with Gasteiger partial charge in [0.05, 0.1) is 24.2 Å². The third-order valence-electron chi connectivity index (χ3n) is 2.72. The molecule has 1 heterocycles. The van der Waals surface area contributed by atoms with Crippen LogP contribution in [0.4, 0.5) is 0 Å². The number of nitrogens with zero attached hydrogens (tertiary/aromatic N) is 1. The number of carbonyl (C=O) groups excluding carboxylic acids is 1. The average molecular weight is 361 g/mol. The van der Waals surface area contributed by atoms with E-state index in [1.807, 2.05) is 12.3 Å². The first-order chi connectivity index (χ1) is 10.3. The average Bonchev–Trinajstić information content (AvgIpc) is 2.89. The molecular formula is C13H13ClN2O4S2. The fourth-order valence-corrected chi connectivity index (χ4v) is 4.02. The zero-order valence-electron chi connectivity index (χ0n) is 11.8. The van der Waals surface area contributed by atoms with Crippen molar-refractivity contribution in [2.75, 3.05) is 7.11 Å². The Morgan fingerprint density at radius 3 is 2.73 bits per heavy atom. The highest BCUT2D eigenvalue weighted by Gasteiger charge is 2.20. The molecule has 0 unspecified atom stereocenters. The van der Waals surface area contributed by atoms with Crippen LogP contribution < -0.4 is 4.72 Å². The second kappa shape index (κ2) is 6.74. The van der Waals surface area contributed by atoms with Crippen molar-refractivity contribution in [3.05, 3.63) is 44.9 Å². The van der Waals surface area contributed by atoms with Gasteiger partial charge in [0.15, 0.2) is 0 Å². The molecule has 1 aromatic heterocycles. The standard InChI is InChI=1S/C13H13ClN2O4S2/c1-8-7-21-12(16-8)6-15-22(18,19)11-4-3-9(5-10(11)14)13(17)20-2/h3-5,7,15H,6H2,1-2H3. The van der Waals surface area contributed by atoms with E-state index in [4.69, 9.17) is 11.6 Å². The van der Waals surface area contributed by atoms with Crippen LogP contribution in [-0.4, -0.2) is 26.5 Å². The molecule has 0 aliphatic rings. The van der Waals surface area contributed by atoms with Crippen LogP contribution in [0.5, 0.6) is 0 Å². The summed E-state index contributed by atoms with van der Waals surface area (Å²) in [7, 11) is -2.56. The zero-order chi connectivity index (χ0) is 16.3. The van der Waals surface area contributed by atoms with Crippen LogP contribution in [0.25, 0.3) is 0 Å². The third kappa shape index (κ3) is 3.83. The van der Waals surface area contributed by atoms with Gasteiger partial charge in [-0.3, -0.25) is 0 Å². The van der Waals surface area contributed by atoms with Gasteiger partial charge in [-0.25, -0.2) is 22.9 Å². The lowest BCUT2D eigenvalue weighted by molar-refractivity contribution is 0.0600. The van der Waals surface area contributed by atoms with Crippen molar-refractivity contribution in [2.24, 2.45) is 0 Å². The Balaban J connectivity index is 2.20. The number of methoxy groups -OCH3 is 1. The van der Waals surface area contributed by atoms with Crippen molar-refractivity contribution in [3.63, 3.8) is 0 Å². The minimum absolute atomic E-state index is 0.0503. The Bertz CT molecular complexity index is 802. The van der Waals surface area contributed by atoms with Crippen LogP contribution in [0.15, 0.2) is 28.5 Å². The van der Waals surface area contributed by atoms with Gasteiger partial charge >= 0.3 is 5.97 Å². The minimum atomic E-state index is -3.80. The number of halogens is 1. The first-order valence-electron chi connectivity index (χ1n) is 6.12. The number of aryl methyl sites for hydroxylation is 1. The van der Waals surface area contributed by atoms with Crippen molar-refractivity contribution < 1.29 is 17.9 Å². The summed E-state index contributed by atoms with van der Waals surface area (Å²) in [4.78, 5) is 15.5. The van der Waals surface area contributed by atoms with Gasteiger partial charge in [-0.2, -0.15) is 0 Å². The number of thiazole rings is 1. The van der Waals surface area contributed by atoms with Gasteiger partial charge in [0.2, 0.25) is 10.0 Å². The second-order valence-electron chi connectivity index (χ2n) is 4.34. The molecule has 0 saturated heterocycles. The van der Waals surface area contributed by atoms with Gasteiger partial charge in [-0.15, -0.1) is 11.3 Å². The number of hydrogen-bond donors (Lipinski definition) is 1. The highest BCUT2D eigenvalue weighted by Crippen LogP contribution is 2.23. The molecule has 0 aliphatic carbocycles. The van der Waals surface area contributed by atoms with Crippen molar-refractivity contribution in [1.29, 1.82) is 0 Å². The molecule has 118 valence electrons.